The van der Waals surface area contributed by atoms with Crippen molar-refractivity contribution >= 4 is 5.91 Å². The second-order valence-corrected chi connectivity index (χ2v) is 7.07. The molecule has 1 saturated heterocycles. The van der Waals surface area contributed by atoms with Crippen LogP contribution in [0.2, 0.25) is 0 Å². The summed E-state index contributed by atoms with van der Waals surface area (Å²) in [6.45, 7) is 4.25. The summed E-state index contributed by atoms with van der Waals surface area (Å²) in [7, 11) is 0. The number of likely N-dealkylation sites (tertiary alicyclic amines) is 1. The average Bonchev–Trinajstić information content (AvgIpc) is 3.13. The summed E-state index contributed by atoms with van der Waals surface area (Å²) in [4.78, 5) is 13.9. The standard InChI is InChI=1S/C22H39NO/c1-2-3-4-5-6-7-8-9-10-11-12-13-14-15-16-19-22(24)23-20-17-18-21-23/h7-8,10-11H,2-6,9,12-21H2,1H3. The van der Waals surface area contributed by atoms with Crippen LogP contribution in [-0.2, 0) is 4.79 Å². The summed E-state index contributed by atoms with van der Waals surface area (Å²) in [6.07, 6.45) is 26.1. The number of nitrogens with zero attached hydrogens (tertiary/aromatic N) is 1. The van der Waals surface area contributed by atoms with Gasteiger partial charge in [0.15, 0.2) is 0 Å². The fraction of sp³-hybridized carbons (Fsp3) is 0.773. The first-order chi connectivity index (χ1) is 11.8. The van der Waals surface area contributed by atoms with Gasteiger partial charge in [0.25, 0.3) is 0 Å². The van der Waals surface area contributed by atoms with E-state index in [9.17, 15) is 4.79 Å². The molecule has 0 aromatic heterocycles. The van der Waals surface area contributed by atoms with Crippen molar-refractivity contribution in [3.63, 3.8) is 0 Å². The van der Waals surface area contributed by atoms with Gasteiger partial charge in [-0.25, -0.2) is 0 Å². The van der Waals surface area contributed by atoms with Gasteiger partial charge in [0.2, 0.25) is 5.91 Å². The molecule has 1 aliphatic heterocycles. The minimum absolute atomic E-state index is 0.383. The maximum atomic E-state index is 11.9. The number of allylic oxidation sites excluding steroid dienone is 4. The van der Waals surface area contributed by atoms with Gasteiger partial charge in [0, 0.05) is 19.5 Å². The van der Waals surface area contributed by atoms with Crippen LogP contribution in [-0.4, -0.2) is 23.9 Å². The molecular formula is C22H39NO. The van der Waals surface area contributed by atoms with E-state index in [0.717, 1.165) is 32.4 Å². The van der Waals surface area contributed by atoms with Gasteiger partial charge in [-0.05, 0) is 51.4 Å². The van der Waals surface area contributed by atoms with Gasteiger partial charge in [0.1, 0.15) is 0 Å². The number of rotatable bonds is 14. The molecule has 138 valence electrons. The van der Waals surface area contributed by atoms with Gasteiger partial charge in [-0.3, -0.25) is 4.79 Å². The average molecular weight is 334 g/mol. The Balaban J connectivity index is 1.82. The lowest BCUT2D eigenvalue weighted by molar-refractivity contribution is -0.130. The van der Waals surface area contributed by atoms with E-state index in [1.54, 1.807) is 0 Å². The molecule has 0 unspecified atom stereocenters. The van der Waals surface area contributed by atoms with Crippen molar-refractivity contribution in [2.75, 3.05) is 13.1 Å². The summed E-state index contributed by atoms with van der Waals surface area (Å²) >= 11 is 0. The Morgan fingerprint density at radius 2 is 1.38 bits per heavy atom. The highest BCUT2D eigenvalue weighted by Gasteiger charge is 2.16. The first kappa shape index (κ1) is 21.0. The van der Waals surface area contributed by atoms with Gasteiger partial charge in [-0.2, -0.15) is 0 Å². The zero-order valence-corrected chi connectivity index (χ0v) is 16.0. The molecule has 0 saturated carbocycles. The SMILES string of the molecule is CCCCCCC=CCC=CCCCCCCC(=O)N1CCCC1. The van der Waals surface area contributed by atoms with E-state index in [0.29, 0.717) is 5.91 Å². The molecule has 0 aliphatic carbocycles. The maximum Gasteiger partial charge on any atom is 0.222 e. The molecular weight excluding hydrogens is 294 g/mol. The van der Waals surface area contributed by atoms with E-state index in [4.69, 9.17) is 0 Å². The highest BCUT2D eigenvalue weighted by molar-refractivity contribution is 5.76. The molecule has 1 heterocycles. The Morgan fingerprint density at radius 3 is 2.00 bits per heavy atom. The van der Waals surface area contributed by atoms with Crippen LogP contribution in [0.15, 0.2) is 24.3 Å². The highest BCUT2D eigenvalue weighted by atomic mass is 16.2. The second kappa shape index (κ2) is 15.5. The number of carbonyl (C=O) groups excluding carboxylic acids is 1. The predicted octanol–water partition coefficient (Wildman–Crippen LogP) is 6.42. The summed E-state index contributed by atoms with van der Waals surface area (Å²) in [5.74, 6) is 0.383. The molecule has 1 rings (SSSR count). The van der Waals surface area contributed by atoms with Crippen molar-refractivity contribution < 1.29 is 4.79 Å². The predicted molar refractivity (Wildman–Crippen MR) is 105 cm³/mol. The number of amides is 1. The molecule has 2 nitrogen and oxygen atoms in total. The molecule has 1 fully saturated rings. The maximum absolute atomic E-state index is 11.9. The number of carbonyl (C=O) groups is 1. The molecule has 24 heavy (non-hydrogen) atoms. The number of hydrogen-bond acceptors (Lipinski definition) is 1. The second-order valence-electron chi connectivity index (χ2n) is 7.07. The van der Waals surface area contributed by atoms with Gasteiger partial charge in [-0.15, -0.1) is 0 Å². The summed E-state index contributed by atoms with van der Waals surface area (Å²) < 4.78 is 0. The molecule has 0 aromatic rings. The van der Waals surface area contributed by atoms with Crippen LogP contribution >= 0.6 is 0 Å². The smallest absolute Gasteiger partial charge is 0.222 e. The van der Waals surface area contributed by atoms with Gasteiger partial charge in [0.05, 0.1) is 0 Å². The molecule has 0 radical (unpaired) electrons. The lowest BCUT2D eigenvalue weighted by Crippen LogP contribution is -2.27. The third-order valence-electron chi connectivity index (χ3n) is 4.80. The van der Waals surface area contributed by atoms with Crippen LogP contribution in [0.3, 0.4) is 0 Å². The van der Waals surface area contributed by atoms with Gasteiger partial charge < -0.3 is 4.90 Å². The van der Waals surface area contributed by atoms with Crippen molar-refractivity contribution in [1.82, 2.24) is 4.90 Å². The van der Waals surface area contributed by atoms with Crippen molar-refractivity contribution in [2.45, 2.75) is 96.8 Å². The van der Waals surface area contributed by atoms with Crippen LogP contribution in [0.4, 0.5) is 0 Å². The Bertz CT molecular complexity index is 353. The molecule has 0 N–H and O–H groups in total. The van der Waals surface area contributed by atoms with E-state index >= 15 is 0 Å². The lowest BCUT2D eigenvalue weighted by Gasteiger charge is -2.14. The molecule has 2 heteroatoms. The molecule has 0 atom stereocenters. The quantitative estimate of drug-likeness (QED) is 0.265. The lowest BCUT2D eigenvalue weighted by atomic mass is 10.1. The molecule has 1 aliphatic rings. The largest absolute Gasteiger partial charge is 0.343 e. The van der Waals surface area contributed by atoms with Crippen LogP contribution in [0.1, 0.15) is 96.8 Å². The topological polar surface area (TPSA) is 20.3 Å². The van der Waals surface area contributed by atoms with Gasteiger partial charge in [-0.1, -0.05) is 63.3 Å². The van der Waals surface area contributed by atoms with Crippen LogP contribution < -0.4 is 0 Å². The fourth-order valence-corrected chi connectivity index (χ4v) is 3.21. The normalized spacial score (nSPS) is 15.1. The number of unbranched alkanes of at least 4 members (excludes halogenated alkanes) is 8. The van der Waals surface area contributed by atoms with Crippen LogP contribution in [0.5, 0.6) is 0 Å². The Labute approximate surface area is 150 Å². The zero-order chi connectivity index (χ0) is 17.3. The van der Waals surface area contributed by atoms with Crippen molar-refractivity contribution in [1.29, 1.82) is 0 Å². The van der Waals surface area contributed by atoms with Crippen LogP contribution in [0, 0.1) is 0 Å². The first-order valence-electron chi connectivity index (χ1n) is 10.4. The number of hydrogen-bond donors (Lipinski definition) is 0. The minimum Gasteiger partial charge on any atom is -0.343 e. The van der Waals surface area contributed by atoms with E-state index in [2.05, 4.69) is 31.2 Å². The van der Waals surface area contributed by atoms with E-state index in [-0.39, 0.29) is 0 Å². The van der Waals surface area contributed by atoms with E-state index in [1.807, 2.05) is 4.90 Å². The highest BCUT2D eigenvalue weighted by Crippen LogP contribution is 2.12. The van der Waals surface area contributed by atoms with Crippen molar-refractivity contribution in [3.05, 3.63) is 24.3 Å². The summed E-state index contributed by atoms with van der Waals surface area (Å²) in [5.41, 5.74) is 0. The summed E-state index contributed by atoms with van der Waals surface area (Å²) in [5, 5.41) is 0. The molecule has 0 spiro atoms. The van der Waals surface area contributed by atoms with Crippen molar-refractivity contribution in [2.24, 2.45) is 0 Å². The Morgan fingerprint density at radius 1 is 0.792 bits per heavy atom. The molecule has 0 bridgehead atoms. The fourth-order valence-electron chi connectivity index (χ4n) is 3.21. The third-order valence-corrected chi connectivity index (χ3v) is 4.80. The first-order valence-corrected chi connectivity index (χ1v) is 10.4. The Kier molecular flexibility index (Phi) is 13.5. The molecule has 0 aromatic carbocycles. The molecule has 1 amide bonds. The third kappa shape index (κ3) is 11.5. The zero-order valence-electron chi connectivity index (χ0n) is 16.0. The minimum atomic E-state index is 0.383. The van der Waals surface area contributed by atoms with E-state index in [1.165, 1.54) is 70.6 Å². The van der Waals surface area contributed by atoms with Crippen molar-refractivity contribution in [3.8, 4) is 0 Å². The van der Waals surface area contributed by atoms with E-state index < -0.39 is 0 Å². The monoisotopic (exact) mass is 333 g/mol. The Hall–Kier alpha value is -1.05. The van der Waals surface area contributed by atoms with Gasteiger partial charge >= 0.3 is 0 Å². The van der Waals surface area contributed by atoms with Crippen LogP contribution in [0.25, 0.3) is 0 Å². The summed E-state index contributed by atoms with van der Waals surface area (Å²) in [6, 6.07) is 0.